The third kappa shape index (κ3) is 3.03. The number of rotatable bonds is 4. The van der Waals surface area contributed by atoms with Gasteiger partial charge in [0.2, 0.25) is 0 Å². The Balaban J connectivity index is 1.82. The first-order valence-corrected chi connectivity index (χ1v) is 8.33. The molecule has 0 bridgehead atoms. The molecular weight excluding hydrogens is 308 g/mol. The van der Waals surface area contributed by atoms with E-state index >= 15 is 0 Å². The zero-order chi connectivity index (χ0) is 16.4. The predicted molar refractivity (Wildman–Crippen MR) is 94.1 cm³/mol. The van der Waals surface area contributed by atoms with Crippen LogP contribution in [0.4, 0.5) is 0 Å². The van der Waals surface area contributed by atoms with E-state index < -0.39 is 0 Å². The van der Waals surface area contributed by atoms with Crippen molar-refractivity contribution in [1.29, 1.82) is 0 Å². The minimum atomic E-state index is -0.230. The van der Waals surface area contributed by atoms with Gasteiger partial charge in [-0.25, -0.2) is 10.4 Å². The third-order valence-electron chi connectivity index (χ3n) is 3.72. The molecule has 0 aliphatic rings. The fourth-order valence-corrected chi connectivity index (χ4v) is 3.21. The molecule has 0 atom stereocenters. The summed E-state index contributed by atoms with van der Waals surface area (Å²) in [5, 5.41) is 6.15. The first kappa shape index (κ1) is 15.4. The number of nitrogens with one attached hydrogen (secondary N) is 1. The van der Waals surface area contributed by atoms with Crippen molar-refractivity contribution in [2.75, 3.05) is 0 Å². The van der Waals surface area contributed by atoms with E-state index in [0.29, 0.717) is 5.56 Å². The molecule has 118 valence electrons. The average Bonchev–Trinajstić information content (AvgIpc) is 3.18. The first-order valence-electron chi connectivity index (χ1n) is 7.45. The van der Waals surface area contributed by atoms with Crippen LogP contribution in [0.3, 0.4) is 0 Å². The lowest BCUT2D eigenvalue weighted by Crippen LogP contribution is -2.19. The topological polar surface area (TPSA) is 59.3 Å². The molecule has 0 radical (unpaired) electrons. The van der Waals surface area contributed by atoms with Crippen LogP contribution >= 0.6 is 11.3 Å². The summed E-state index contributed by atoms with van der Waals surface area (Å²) >= 11 is 1.59. The van der Waals surface area contributed by atoms with Gasteiger partial charge in [0, 0.05) is 17.0 Å². The standard InChI is InChI=1S/C17H18N4OS/c1-4-21-12(3)18-14-10-13(7-8-15(14)21)17(22)20-19-11(2)16-6-5-9-23-16/h5-10H,4H2,1-3H3,(H,20,22)/b19-11-. The molecule has 1 aromatic carbocycles. The Morgan fingerprint density at radius 2 is 2.22 bits per heavy atom. The Labute approximate surface area is 138 Å². The zero-order valence-corrected chi connectivity index (χ0v) is 14.1. The Morgan fingerprint density at radius 3 is 2.91 bits per heavy atom. The number of imidazole rings is 1. The van der Waals surface area contributed by atoms with Crippen molar-refractivity contribution >= 4 is 34.0 Å². The molecule has 0 saturated carbocycles. The van der Waals surface area contributed by atoms with Crippen LogP contribution in [0.25, 0.3) is 11.0 Å². The van der Waals surface area contributed by atoms with Crippen molar-refractivity contribution < 1.29 is 4.79 Å². The average molecular weight is 326 g/mol. The van der Waals surface area contributed by atoms with Gasteiger partial charge in [0.1, 0.15) is 5.82 Å². The second-order valence-corrected chi connectivity index (χ2v) is 6.17. The van der Waals surface area contributed by atoms with E-state index in [1.807, 2.05) is 37.4 Å². The normalized spacial score (nSPS) is 11.9. The number of hydrogen-bond donors (Lipinski definition) is 1. The quantitative estimate of drug-likeness (QED) is 0.588. The number of nitrogens with zero attached hydrogens (tertiary/aromatic N) is 3. The van der Waals surface area contributed by atoms with E-state index in [9.17, 15) is 4.79 Å². The second kappa shape index (κ2) is 6.34. The van der Waals surface area contributed by atoms with Crippen LogP contribution in [0.15, 0.2) is 40.8 Å². The molecule has 3 rings (SSSR count). The largest absolute Gasteiger partial charge is 0.329 e. The monoisotopic (exact) mass is 326 g/mol. The van der Waals surface area contributed by atoms with Gasteiger partial charge in [0.15, 0.2) is 0 Å². The number of carbonyl (C=O) groups excluding carboxylic acids is 1. The lowest BCUT2D eigenvalue weighted by molar-refractivity contribution is 0.0955. The van der Waals surface area contributed by atoms with Gasteiger partial charge in [-0.3, -0.25) is 4.79 Å². The SMILES string of the molecule is CCn1c(C)nc2cc(C(=O)N/N=C(/C)c3cccs3)ccc21. The van der Waals surface area contributed by atoms with Crippen molar-refractivity contribution in [1.82, 2.24) is 15.0 Å². The lowest BCUT2D eigenvalue weighted by Gasteiger charge is -2.03. The fraction of sp³-hybridized carbons (Fsp3) is 0.235. The van der Waals surface area contributed by atoms with Crippen LogP contribution in [0.5, 0.6) is 0 Å². The maximum absolute atomic E-state index is 12.3. The van der Waals surface area contributed by atoms with E-state index in [-0.39, 0.29) is 5.91 Å². The lowest BCUT2D eigenvalue weighted by atomic mass is 10.2. The molecule has 0 saturated heterocycles. The predicted octanol–water partition coefficient (Wildman–Crippen LogP) is 3.58. The maximum Gasteiger partial charge on any atom is 0.271 e. The van der Waals surface area contributed by atoms with Crippen molar-refractivity contribution in [2.24, 2.45) is 5.10 Å². The molecule has 1 amide bonds. The maximum atomic E-state index is 12.3. The van der Waals surface area contributed by atoms with E-state index in [4.69, 9.17) is 0 Å². The number of carbonyl (C=O) groups is 1. The van der Waals surface area contributed by atoms with Crippen LogP contribution in [0, 0.1) is 6.92 Å². The Morgan fingerprint density at radius 1 is 1.39 bits per heavy atom. The van der Waals surface area contributed by atoms with Crippen molar-refractivity contribution in [3.63, 3.8) is 0 Å². The highest BCUT2D eigenvalue weighted by Gasteiger charge is 2.10. The number of aryl methyl sites for hydroxylation is 2. The van der Waals surface area contributed by atoms with Crippen LogP contribution in [0.2, 0.25) is 0 Å². The third-order valence-corrected chi connectivity index (χ3v) is 4.70. The van der Waals surface area contributed by atoms with Gasteiger partial charge in [0.05, 0.1) is 16.7 Å². The van der Waals surface area contributed by atoms with Gasteiger partial charge in [-0.2, -0.15) is 5.10 Å². The summed E-state index contributed by atoms with van der Waals surface area (Å²) in [6, 6.07) is 9.48. The number of hydrazone groups is 1. The van der Waals surface area contributed by atoms with Gasteiger partial charge >= 0.3 is 0 Å². The number of fused-ring (bicyclic) bond motifs is 1. The first-order chi connectivity index (χ1) is 11.1. The number of aromatic nitrogens is 2. The fourth-order valence-electron chi connectivity index (χ4n) is 2.53. The summed E-state index contributed by atoms with van der Waals surface area (Å²) in [6.45, 7) is 6.79. The van der Waals surface area contributed by atoms with Crippen molar-refractivity contribution in [3.8, 4) is 0 Å². The van der Waals surface area contributed by atoms with Crippen LogP contribution < -0.4 is 5.43 Å². The molecule has 5 nitrogen and oxygen atoms in total. The Hall–Kier alpha value is -2.47. The van der Waals surface area contributed by atoms with Crippen molar-refractivity contribution in [2.45, 2.75) is 27.3 Å². The summed E-state index contributed by atoms with van der Waals surface area (Å²) in [6.07, 6.45) is 0. The van der Waals surface area contributed by atoms with Gasteiger partial charge < -0.3 is 4.57 Å². The minimum absolute atomic E-state index is 0.230. The van der Waals surface area contributed by atoms with Gasteiger partial charge in [-0.05, 0) is 50.4 Å². The molecule has 2 aromatic heterocycles. The Bertz CT molecular complexity index is 878. The van der Waals surface area contributed by atoms with Crippen LogP contribution in [-0.4, -0.2) is 21.2 Å². The summed E-state index contributed by atoms with van der Waals surface area (Å²) in [5.41, 5.74) is 5.83. The van der Waals surface area contributed by atoms with Gasteiger partial charge in [-0.1, -0.05) is 6.07 Å². The molecule has 0 aliphatic carbocycles. The molecule has 0 aliphatic heterocycles. The molecule has 0 fully saturated rings. The highest BCUT2D eigenvalue weighted by Crippen LogP contribution is 2.18. The molecule has 2 heterocycles. The van der Waals surface area contributed by atoms with Crippen LogP contribution in [-0.2, 0) is 6.54 Å². The summed E-state index contributed by atoms with van der Waals surface area (Å²) in [5.74, 6) is 0.720. The highest BCUT2D eigenvalue weighted by atomic mass is 32.1. The molecule has 3 aromatic rings. The number of benzene rings is 1. The smallest absolute Gasteiger partial charge is 0.271 e. The minimum Gasteiger partial charge on any atom is -0.329 e. The number of hydrogen-bond acceptors (Lipinski definition) is 4. The molecule has 6 heteroatoms. The second-order valence-electron chi connectivity index (χ2n) is 5.22. The number of amides is 1. The van der Waals surface area contributed by atoms with Gasteiger partial charge in [-0.15, -0.1) is 11.3 Å². The molecule has 0 spiro atoms. The van der Waals surface area contributed by atoms with E-state index in [2.05, 4.69) is 27.0 Å². The van der Waals surface area contributed by atoms with E-state index in [1.54, 1.807) is 23.5 Å². The summed E-state index contributed by atoms with van der Waals surface area (Å²) in [4.78, 5) is 17.8. The van der Waals surface area contributed by atoms with E-state index in [0.717, 1.165) is 34.0 Å². The summed E-state index contributed by atoms with van der Waals surface area (Å²) < 4.78 is 2.12. The molecule has 23 heavy (non-hydrogen) atoms. The molecule has 0 unspecified atom stereocenters. The zero-order valence-electron chi connectivity index (χ0n) is 13.3. The molecule has 1 N–H and O–H groups in total. The van der Waals surface area contributed by atoms with E-state index in [1.165, 1.54) is 0 Å². The summed E-state index contributed by atoms with van der Waals surface area (Å²) in [7, 11) is 0. The number of thiophene rings is 1. The highest BCUT2D eigenvalue weighted by molar-refractivity contribution is 7.12. The Kier molecular flexibility index (Phi) is 4.25. The van der Waals surface area contributed by atoms with Crippen LogP contribution in [0.1, 0.15) is 34.9 Å². The van der Waals surface area contributed by atoms with Crippen molar-refractivity contribution in [3.05, 3.63) is 52.0 Å². The molecular formula is C17H18N4OS. The van der Waals surface area contributed by atoms with Gasteiger partial charge in [0.25, 0.3) is 5.91 Å².